The fourth-order valence-corrected chi connectivity index (χ4v) is 2.53. The van der Waals surface area contributed by atoms with Crippen molar-refractivity contribution in [3.05, 3.63) is 0 Å². The van der Waals surface area contributed by atoms with Crippen molar-refractivity contribution in [2.45, 2.75) is 52.1 Å². The van der Waals surface area contributed by atoms with E-state index in [0.29, 0.717) is 19.6 Å². The number of nitrogens with zero attached hydrogens (tertiary/aromatic N) is 1. The topological polar surface area (TPSA) is 58.6 Å². The van der Waals surface area contributed by atoms with Crippen molar-refractivity contribution >= 4 is 11.8 Å². The molecule has 1 fully saturated rings. The monoisotopic (exact) mass is 270 g/mol. The van der Waals surface area contributed by atoms with Crippen LogP contribution in [0.25, 0.3) is 0 Å². The van der Waals surface area contributed by atoms with E-state index in [9.17, 15) is 9.59 Å². The molecule has 1 N–H and O–H groups in total. The minimum absolute atomic E-state index is 0.00131. The van der Waals surface area contributed by atoms with Gasteiger partial charge in [0.2, 0.25) is 11.8 Å². The second-order valence-corrected chi connectivity index (χ2v) is 5.45. The van der Waals surface area contributed by atoms with E-state index in [-0.39, 0.29) is 29.8 Å². The van der Waals surface area contributed by atoms with Crippen molar-refractivity contribution in [3.8, 4) is 0 Å². The Balaban J connectivity index is 2.49. The van der Waals surface area contributed by atoms with Crippen molar-refractivity contribution in [3.63, 3.8) is 0 Å². The zero-order valence-electron chi connectivity index (χ0n) is 12.4. The summed E-state index contributed by atoms with van der Waals surface area (Å²) in [5.41, 5.74) is 0. The molecule has 0 aromatic carbocycles. The van der Waals surface area contributed by atoms with Crippen LogP contribution in [-0.2, 0) is 14.3 Å². The lowest BCUT2D eigenvalue weighted by atomic mass is 10.1. The number of rotatable bonds is 7. The van der Waals surface area contributed by atoms with E-state index in [2.05, 4.69) is 12.2 Å². The number of hydrogen-bond donors (Lipinski definition) is 1. The predicted octanol–water partition coefficient (Wildman–Crippen LogP) is 1.17. The molecule has 5 heteroatoms. The summed E-state index contributed by atoms with van der Waals surface area (Å²) in [6, 6.07) is 0.210. The van der Waals surface area contributed by atoms with Crippen molar-refractivity contribution in [2.24, 2.45) is 5.92 Å². The highest BCUT2D eigenvalue weighted by atomic mass is 16.5. The molecule has 5 nitrogen and oxygen atoms in total. The van der Waals surface area contributed by atoms with Gasteiger partial charge in [-0.25, -0.2) is 0 Å². The van der Waals surface area contributed by atoms with Crippen LogP contribution in [0.4, 0.5) is 0 Å². The van der Waals surface area contributed by atoms with Crippen LogP contribution in [0.5, 0.6) is 0 Å². The van der Waals surface area contributed by atoms with Gasteiger partial charge in [0.05, 0.1) is 18.6 Å². The lowest BCUT2D eigenvalue weighted by Crippen LogP contribution is -2.40. The molecule has 1 saturated heterocycles. The summed E-state index contributed by atoms with van der Waals surface area (Å²) in [6.07, 6.45) is 2.33. The van der Waals surface area contributed by atoms with Gasteiger partial charge in [-0.05, 0) is 20.3 Å². The summed E-state index contributed by atoms with van der Waals surface area (Å²) >= 11 is 0. The number of carbonyl (C=O) groups is 2. The number of hydrogen-bond acceptors (Lipinski definition) is 3. The van der Waals surface area contributed by atoms with Gasteiger partial charge in [0, 0.05) is 26.1 Å². The normalized spacial score (nSPS) is 22.4. The minimum Gasteiger partial charge on any atom is -0.383 e. The van der Waals surface area contributed by atoms with Gasteiger partial charge in [0.15, 0.2) is 0 Å². The van der Waals surface area contributed by atoms with Gasteiger partial charge in [0.25, 0.3) is 0 Å². The van der Waals surface area contributed by atoms with E-state index in [1.807, 2.05) is 13.8 Å². The summed E-state index contributed by atoms with van der Waals surface area (Å²) in [4.78, 5) is 25.7. The zero-order valence-corrected chi connectivity index (χ0v) is 12.4. The number of ether oxygens (including phenoxy) is 1. The highest BCUT2D eigenvalue weighted by molar-refractivity contribution is 5.89. The van der Waals surface area contributed by atoms with E-state index in [1.165, 1.54) is 0 Å². The molecule has 2 amide bonds. The number of carbonyl (C=O) groups excluding carboxylic acids is 2. The molecule has 110 valence electrons. The summed E-state index contributed by atoms with van der Waals surface area (Å²) < 4.78 is 5.06. The molecule has 1 rings (SSSR count). The Morgan fingerprint density at radius 1 is 1.53 bits per heavy atom. The summed E-state index contributed by atoms with van der Waals surface area (Å²) in [5, 5.41) is 2.99. The molecule has 0 aromatic heterocycles. The van der Waals surface area contributed by atoms with E-state index >= 15 is 0 Å². The van der Waals surface area contributed by atoms with Gasteiger partial charge in [0.1, 0.15) is 0 Å². The molecule has 0 aliphatic carbocycles. The number of likely N-dealkylation sites (tertiary alicyclic amines) is 1. The first kappa shape index (κ1) is 16.0. The lowest BCUT2D eigenvalue weighted by Gasteiger charge is -2.24. The largest absolute Gasteiger partial charge is 0.383 e. The predicted molar refractivity (Wildman–Crippen MR) is 73.7 cm³/mol. The second-order valence-electron chi connectivity index (χ2n) is 5.45. The first-order valence-corrected chi connectivity index (χ1v) is 7.08. The molecule has 19 heavy (non-hydrogen) atoms. The number of nitrogens with one attached hydrogen (secondary N) is 1. The summed E-state index contributed by atoms with van der Waals surface area (Å²) in [6.45, 7) is 7.06. The fourth-order valence-electron chi connectivity index (χ4n) is 2.53. The third-order valence-electron chi connectivity index (χ3n) is 3.58. The third-order valence-corrected chi connectivity index (χ3v) is 3.58. The van der Waals surface area contributed by atoms with E-state index in [0.717, 1.165) is 12.8 Å². The van der Waals surface area contributed by atoms with Crippen LogP contribution in [-0.4, -0.2) is 49.1 Å². The highest BCUT2D eigenvalue weighted by Crippen LogP contribution is 2.20. The van der Waals surface area contributed by atoms with E-state index in [1.54, 1.807) is 12.0 Å². The van der Waals surface area contributed by atoms with Crippen LogP contribution in [0.3, 0.4) is 0 Å². The maximum atomic E-state index is 12.1. The maximum Gasteiger partial charge on any atom is 0.225 e. The molecule has 0 radical (unpaired) electrons. The Labute approximate surface area is 115 Å². The number of amides is 2. The average Bonchev–Trinajstić information content (AvgIpc) is 2.72. The minimum atomic E-state index is -0.217. The van der Waals surface area contributed by atoms with Crippen molar-refractivity contribution in [1.82, 2.24) is 10.2 Å². The molecule has 0 spiro atoms. The summed E-state index contributed by atoms with van der Waals surface area (Å²) in [7, 11) is 1.62. The maximum absolute atomic E-state index is 12.1. The molecule has 1 aliphatic heterocycles. The highest BCUT2D eigenvalue weighted by Gasteiger charge is 2.36. The first-order valence-electron chi connectivity index (χ1n) is 7.08. The molecule has 1 heterocycles. The molecule has 0 unspecified atom stereocenters. The van der Waals surface area contributed by atoms with E-state index < -0.39 is 0 Å². The summed E-state index contributed by atoms with van der Waals surface area (Å²) in [5.74, 6) is -0.166. The number of methoxy groups -OCH3 is 1. The Morgan fingerprint density at radius 2 is 2.21 bits per heavy atom. The molecule has 1 aliphatic rings. The Bertz CT molecular complexity index is 320. The Kier molecular flexibility index (Phi) is 6.28. The molecular formula is C14H26N2O3. The van der Waals surface area contributed by atoms with Gasteiger partial charge in [-0.1, -0.05) is 13.3 Å². The van der Waals surface area contributed by atoms with Gasteiger partial charge in [-0.15, -0.1) is 0 Å². The van der Waals surface area contributed by atoms with Gasteiger partial charge in [-0.2, -0.15) is 0 Å². The zero-order chi connectivity index (χ0) is 14.4. The molecule has 0 aromatic rings. The Hall–Kier alpha value is -1.10. The van der Waals surface area contributed by atoms with Gasteiger partial charge >= 0.3 is 0 Å². The fraction of sp³-hybridized carbons (Fsp3) is 0.857. The first-order chi connectivity index (χ1) is 8.99. The molecule has 0 bridgehead atoms. The Morgan fingerprint density at radius 3 is 2.79 bits per heavy atom. The lowest BCUT2D eigenvalue weighted by molar-refractivity contribution is -0.130. The van der Waals surface area contributed by atoms with Crippen LogP contribution in [0.2, 0.25) is 0 Å². The van der Waals surface area contributed by atoms with Gasteiger partial charge < -0.3 is 15.0 Å². The van der Waals surface area contributed by atoms with Crippen LogP contribution < -0.4 is 5.32 Å². The quantitative estimate of drug-likeness (QED) is 0.755. The van der Waals surface area contributed by atoms with E-state index in [4.69, 9.17) is 4.74 Å². The van der Waals surface area contributed by atoms with Crippen LogP contribution in [0, 0.1) is 5.92 Å². The average molecular weight is 270 g/mol. The molecule has 3 atom stereocenters. The van der Waals surface area contributed by atoms with Crippen molar-refractivity contribution in [2.75, 3.05) is 20.3 Å². The smallest absolute Gasteiger partial charge is 0.225 e. The molecule has 0 saturated carbocycles. The SMILES string of the molecule is CCC[C@H](C)NC(=O)[C@H]1CC(=O)N([C@@H](C)COC)C1. The van der Waals surface area contributed by atoms with Crippen LogP contribution >= 0.6 is 0 Å². The molecular weight excluding hydrogens is 244 g/mol. The van der Waals surface area contributed by atoms with Crippen molar-refractivity contribution in [1.29, 1.82) is 0 Å². The van der Waals surface area contributed by atoms with Gasteiger partial charge in [-0.3, -0.25) is 9.59 Å². The standard InChI is InChI=1S/C14H26N2O3/c1-5-6-10(2)15-14(18)12-7-13(17)16(8-12)11(3)9-19-4/h10-12H,5-9H2,1-4H3,(H,15,18)/t10-,11-,12-/m0/s1. The van der Waals surface area contributed by atoms with Crippen LogP contribution in [0.15, 0.2) is 0 Å². The third kappa shape index (κ3) is 4.49. The second kappa shape index (κ2) is 7.48. The van der Waals surface area contributed by atoms with Crippen molar-refractivity contribution < 1.29 is 14.3 Å². The van der Waals surface area contributed by atoms with Crippen LogP contribution in [0.1, 0.15) is 40.0 Å².